The Morgan fingerprint density at radius 2 is 2.05 bits per heavy atom. The Morgan fingerprint density at radius 1 is 1.36 bits per heavy atom. The summed E-state index contributed by atoms with van der Waals surface area (Å²) in [6.45, 7) is 6.03. The van der Waals surface area contributed by atoms with E-state index in [2.05, 4.69) is 15.4 Å². The lowest BCUT2D eigenvalue weighted by atomic mass is 10.1. The zero-order chi connectivity index (χ0) is 16.4. The van der Waals surface area contributed by atoms with Gasteiger partial charge in [-0.05, 0) is 26.8 Å². The molecule has 7 heteroatoms. The second-order valence-electron chi connectivity index (χ2n) is 5.21. The molecule has 2 heterocycles. The van der Waals surface area contributed by atoms with E-state index in [1.54, 1.807) is 24.8 Å². The van der Waals surface area contributed by atoms with Crippen LogP contribution in [0.3, 0.4) is 0 Å². The van der Waals surface area contributed by atoms with E-state index in [-0.39, 0.29) is 18.4 Å². The number of rotatable bonds is 4. The molecule has 22 heavy (non-hydrogen) atoms. The summed E-state index contributed by atoms with van der Waals surface area (Å²) in [5.41, 5.74) is 2.72. The van der Waals surface area contributed by atoms with Crippen molar-refractivity contribution in [2.45, 2.75) is 20.8 Å². The van der Waals surface area contributed by atoms with Gasteiger partial charge < -0.3 is 10.2 Å². The third-order valence-electron chi connectivity index (χ3n) is 3.61. The van der Waals surface area contributed by atoms with E-state index < -0.39 is 0 Å². The molecule has 2 amide bonds. The van der Waals surface area contributed by atoms with Crippen molar-refractivity contribution in [3.63, 3.8) is 0 Å². The fraction of sp³-hybridized carbons (Fsp3) is 0.467. The maximum atomic E-state index is 12.8. The van der Waals surface area contributed by atoms with Crippen molar-refractivity contribution >= 4 is 22.8 Å². The molecule has 0 radical (unpaired) electrons. The average molecular weight is 303 g/mol. The number of aromatic nitrogens is 3. The van der Waals surface area contributed by atoms with Crippen LogP contribution in [-0.4, -0.2) is 51.6 Å². The van der Waals surface area contributed by atoms with Gasteiger partial charge in [0.15, 0.2) is 5.65 Å². The Morgan fingerprint density at radius 3 is 2.64 bits per heavy atom. The molecular weight excluding hydrogens is 282 g/mol. The molecule has 0 aromatic carbocycles. The van der Waals surface area contributed by atoms with Gasteiger partial charge >= 0.3 is 0 Å². The van der Waals surface area contributed by atoms with Gasteiger partial charge in [-0.2, -0.15) is 5.10 Å². The summed E-state index contributed by atoms with van der Waals surface area (Å²) in [6.07, 6.45) is 0. The van der Waals surface area contributed by atoms with Crippen LogP contribution >= 0.6 is 0 Å². The zero-order valence-electron chi connectivity index (χ0n) is 13.6. The SMILES string of the molecule is CCN(CC(=O)NC)C(=O)c1cc(C)nc2c1c(C)nn2C. The highest BCUT2D eigenvalue weighted by Crippen LogP contribution is 2.22. The topological polar surface area (TPSA) is 80.1 Å². The van der Waals surface area contributed by atoms with E-state index in [1.165, 1.54) is 4.90 Å². The minimum Gasteiger partial charge on any atom is -0.358 e. The molecule has 0 aliphatic rings. The van der Waals surface area contributed by atoms with E-state index in [1.807, 2.05) is 20.8 Å². The summed E-state index contributed by atoms with van der Waals surface area (Å²) >= 11 is 0. The molecule has 0 aliphatic carbocycles. The van der Waals surface area contributed by atoms with Crippen molar-refractivity contribution in [2.24, 2.45) is 7.05 Å². The normalized spacial score (nSPS) is 10.8. The molecule has 2 aromatic rings. The molecule has 0 bridgehead atoms. The summed E-state index contributed by atoms with van der Waals surface area (Å²) in [5, 5.41) is 7.62. The number of nitrogens with one attached hydrogen (secondary N) is 1. The Labute approximate surface area is 129 Å². The molecule has 0 atom stereocenters. The van der Waals surface area contributed by atoms with Crippen molar-refractivity contribution in [2.75, 3.05) is 20.1 Å². The first-order valence-corrected chi connectivity index (χ1v) is 7.19. The van der Waals surface area contributed by atoms with Gasteiger partial charge in [0.25, 0.3) is 5.91 Å². The Hall–Kier alpha value is -2.44. The first kappa shape index (κ1) is 15.9. The summed E-state index contributed by atoms with van der Waals surface area (Å²) in [7, 11) is 3.36. The number of carbonyl (C=O) groups excluding carboxylic acids is 2. The van der Waals surface area contributed by atoms with Gasteiger partial charge in [0.05, 0.1) is 23.2 Å². The highest BCUT2D eigenvalue weighted by atomic mass is 16.2. The number of amides is 2. The van der Waals surface area contributed by atoms with Crippen molar-refractivity contribution < 1.29 is 9.59 Å². The number of carbonyl (C=O) groups is 2. The maximum absolute atomic E-state index is 12.8. The number of hydrogen-bond acceptors (Lipinski definition) is 4. The van der Waals surface area contributed by atoms with Gasteiger partial charge in [0.2, 0.25) is 5.91 Å². The van der Waals surface area contributed by atoms with Crippen molar-refractivity contribution in [3.8, 4) is 0 Å². The number of fused-ring (bicyclic) bond motifs is 1. The first-order chi connectivity index (χ1) is 10.4. The van der Waals surface area contributed by atoms with Crippen LogP contribution in [0.2, 0.25) is 0 Å². The van der Waals surface area contributed by atoms with Crippen molar-refractivity contribution in [1.29, 1.82) is 0 Å². The molecule has 0 saturated heterocycles. The predicted octanol–water partition coefficient (Wildman–Crippen LogP) is 0.793. The molecule has 0 saturated carbocycles. The van der Waals surface area contributed by atoms with Crippen LogP contribution < -0.4 is 5.32 Å². The molecule has 2 rings (SSSR count). The van der Waals surface area contributed by atoms with Gasteiger partial charge in [0.1, 0.15) is 0 Å². The third kappa shape index (κ3) is 2.79. The number of nitrogens with zero attached hydrogens (tertiary/aromatic N) is 4. The van der Waals surface area contributed by atoms with Crippen LogP contribution in [0.25, 0.3) is 11.0 Å². The second kappa shape index (κ2) is 6.13. The largest absolute Gasteiger partial charge is 0.358 e. The van der Waals surface area contributed by atoms with Gasteiger partial charge in [-0.25, -0.2) is 4.98 Å². The maximum Gasteiger partial charge on any atom is 0.255 e. The van der Waals surface area contributed by atoms with Crippen LogP contribution in [0, 0.1) is 13.8 Å². The third-order valence-corrected chi connectivity index (χ3v) is 3.61. The molecule has 2 aromatic heterocycles. The Kier molecular flexibility index (Phi) is 4.44. The molecule has 0 fully saturated rings. The zero-order valence-corrected chi connectivity index (χ0v) is 13.6. The lowest BCUT2D eigenvalue weighted by molar-refractivity contribution is -0.121. The summed E-state index contributed by atoms with van der Waals surface area (Å²) in [5.74, 6) is -0.377. The minimum atomic E-state index is -0.194. The molecule has 7 nitrogen and oxygen atoms in total. The van der Waals surface area contributed by atoms with Crippen LogP contribution in [0.5, 0.6) is 0 Å². The molecule has 0 spiro atoms. The van der Waals surface area contributed by atoms with E-state index in [0.717, 1.165) is 16.8 Å². The number of aryl methyl sites for hydroxylation is 3. The smallest absolute Gasteiger partial charge is 0.255 e. The Balaban J connectivity index is 2.53. The standard InChI is InChI=1S/C15H21N5O2/c1-6-20(8-12(21)16-4)15(22)11-7-9(2)17-14-13(11)10(3)18-19(14)5/h7H,6,8H2,1-5H3,(H,16,21). The van der Waals surface area contributed by atoms with Crippen LogP contribution in [-0.2, 0) is 11.8 Å². The number of likely N-dealkylation sites (N-methyl/N-ethyl adjacent to an activating group) is 2. The monoisotopic (exact) mass is 303 g/mol. The van der Waals surface area contributed by atoms with Gasteiger partial charge in [-0.3, -0.25) is 14.3 Å². The minimum absolute atomic E-state index is 0.0357. The lowest BCUT2D eigenvalue weighted by Gasteiger charge is -2.20. The van der Waals surface area contributed by atoms with Gasteiger partial charge in [-0.1, -0.05) is 0 Å². The van der Waals surface area contributed by atoms with Crippen LogP contribution in [0.1, 0.15) is 28.7 Å². The van der Waals surface area contributed by atoms with E-state index >= 15 is 0 Å². The number of pyridine rings is 1. The van der Waals surface area contributed by atoms with Crippen molar-refractivity contribution in [3.05, 3.63) is 23.0 Å². The highest BCUT2D eigenvalue weighted by molar-refractivity contribution is 6.07. The van der Waals surface area contributed by atoms with E-state index in [0.29, 0.717) is 17.8 Å². The molecule has 0 unspecified atom stereocenters. The fourth-order valence-corrected chi connectivity index (χ4v) is 2.49. The Bertz CT molecular complexity index is 735. The molecule has 0 aliphatic heterocycles. The molecule has 1 N–H and O–H groups in total. The summed E-state index contributed by atoms with van der Waals surface area (Å²) < 4.78 is 1.67. The summed E-state index contributed by atoms with van der Waals surface area (Å²) in [6, 6.07) is 1.76. The number of hydrogen-bond donors (Lipinski definition) is 1. The van der Waals surface area contributed by atoms with Crippen LogP contribution in [0.4, 0.5) is 0 Å². The van der Waals surface area contributed by atoms with Crippen molar-refractivity contribution in [1.82, 2.24) is 25.0 Å². The van der Waals surface area contributed by atoms with E-state index in [9.17, 15) is 9.59 Å². The van der Waals surface area contributed by atoms with Gasteiger partial charge in [0, 0.05) is 26.3 Å². The molecular formula is C15H21N5O2. The predicted molar refractivity (Wildman–Crippen MR) is 83.6 cm³/mol. The quantitative estimate of drug-likeness (QED) is 0.905. The molecule has 118 valence electrons. The van der Waals surface area contributed by atoms with Gasteiger partial charge in [-0.15, -0.1) is 0 Å². The van der Waals surface area contributed by atoms with E-state index in [4.69, 9.17) is 0 Å². The first-order valence-electron chi connectivity index (χ1n) is 7.19. The average Bonchev–Trinajstić information content (AvgIpc) is 2.77. The van der Waals surface area contributed by atoms with Crippen LogP contribution in [0.15, 0.2) is 6.07 Å². The second-order valence-corrected chi connectivity index (χ2v) is 5.21. The fourth-order valence-electron chi connectivity index (χ4n) is 2.49. The lowest BCUT2D eigenvalue weighted by Crippen LogP contribution is -2.39. The summed E-state index contributed by atoms with van der Waals surface area (Å²) in [4.78, 5) is 30.4. The highest BCUT2D eigenvalue weighted by Gasteiger charge is 2.22.